The normalized spacial score (nSPS) is 14.8. The Hall–Kier alpha value is 0.000649. The molecule has 5 nitrogen and oxygen atoms in total. The van der Waals surface area contributed by atoms with Crippen LogP contribution < -0.4 is 0 Å². The number of carbonyl (C=O) groups is 1. The summed E-state index contributed by atoms with van der Waals surface area (Å²) in [5.41, 5.74) is 0. The van der Waals surface area contributed by atoms with Gasteiger partial charge in [-0.3, -0.25) is 9.69 Å². The van der Waals surface area contributed by atoms with Crippen LogP contribution in [-0.2, 0) is 18.1 Å². The van der Waals surface area contributed by atoms with E-state index < -0.39 is 25.0 Å². The average molecular weight is 506 g/mol. The van der Waals surface area contributed by atoms with Crippen molar-refractivity contribution in [2.45, 2.75) is 117 Å². The fourth-order valence-electron chi connectivity index (χ4n) is 2.22. The number of carbonyl (C=O) groups excluding carboxylic acids is 1. The lowest BCUT2D eigenvalue weighted by molar-refractivity contribution is -0.136. The van der Waals surface area contributed by atoms with Crippen LogP contribution in [0.3, 0.4) is 0 Å². The number of nitrogens with zero attached hydrogens (tertiary/aromatic N) is 1. The standard InChI is InChI=1S/C24H55NO4Si3/c1-22(2,3)30(10,11)27-18-16-25(17-19-28-31(12,13)23(4,5)6)20-21(26)29-32(14,15)24(7,8)9/h16-20H2,1-15H3. The molecule has 0 rings (SSSR count). The molecule has 192 valence electrons. The van der Waals surface area contributed by atoms with Gasteiger partial charge in [0, 0.05) is 26.3 Å². The van der Waals surface area contributed by atoms with Crippen molar-refractivity contribution in [2.24, 2.45) is 0 Å². The summed E-state index contributed by atoms with van der Waals surface area (Å²) in [6, 6.07) is 0. The van der Waals surface area contributed by atoms with Crippen molar-refractivity contribution < 1.29 is 18.1 Å². The molecular weight excluding hydrogens is 451 g/mol. The molecule has 0 aromatic carbocycles. The predicted octanol–water partition coefficient (Wildman–Crippen LogP) is 6.88. The minimum absolute atomic E-state index is 0.00434. The molecule has 0 aliphatic carbocycles. The fourth-order valence-corrected chi connectivity index (χ4v) is 5.22. The van der Waals surface area contributed by atoms with Crippen LogP contribution in [0.25, 0.3) is 0 Å². The Morgan fingerprint density at radius 1 is 0.625 bits per heavy atom. The van der Waals surface area contributed by atoms with Gasteiger partial charge in [-0.25, -0.2) is 0 Å². The van der Waals surface area contributed by atoms with Gasteiger partial charge in [0.05, 0.1) is 6.54 Å². The Morgan fingerprint density at radius 3 is 1.22 bits per heavy atom. The molecule has 0 N–H and O–H groups in total. The summed E-state index contributed by atoms with van der Waals surface area (Å²) in [7, 11) is -5.77. The van der Waals surface area contributed by atoms with Crippen molar-refractivity contribution >= 4 is 30.9 Å². The smallest absolute Gasteiger partial charge is 0.306 e. The van der Waals surface area contributed by atoms with Gasteiger partial charge in [0.2, 0.25) is 0 Å². The van der Waals surface area contributed by atoms with E-state index in [1.54, 1.807) is 0 Å². The molecule has 0 aromatic rings. The molecule has 0 aromatic heterocycles. The van der Waals surface area contributed by atoms with Crippen LogP contribution in [0.5, 0.6) is 0 Å². The first-order valence-electron chi connectivity index (χ1n) is 12.2. The molecule has 0 unspecified atom stereocenters. The summed E-state index contributed by atoms with van der Waals surface area (Å²) in [6.45, 7) is 36.2. The Bertz CT molecular complexity index is 568. The summed E-state index contributed by atoms with van der Waals surface area (Å²) in [5, 5.41) is 0.347. The first-order chi connectivity index (χ1) is 13.9. The highest BCUT2D eigenvalue weighted by Gasteiger charge is 2.41. The third kappa shape index (κ3) is 10.1. The number of hydrogen-bond acceptors (Lipinski definition) is 5. The first kappa shape index (κ1) is 32.0. The largest absolute Gasteiger partial charge is 0.518 e. The Labute approximate surface area is 203 Å². The topological polar surface area (TPSA) is 48.0 Å². The van der Waals surface area contributed by atoms with Gasteiger partial charge >= 0.3 is 5.97 Å². The molecule has 8 heteroatoms. The van der Waals surface area contributed by atoms with Crippen LogP contribution in [0.15, 0.2) is 0 Å². The Balaban J connectivity index is 5.17. The van der Waals surface area contributed by atoms with Gasteiger partial charge < -0.3 is 13.3 Å². The Kier molecular flexibility index (Phi) is 11.2. The van der Waals surface area contributed by atoms with Crippen molar-refractivity contribution in [3.63, 3.8) is 0 Å². The highest BCUT2D eigenvalue weighted by Crippen LogP contribution is 2.38. The van der Waals surface area contributed by atoms with Gasteiger partial charge in [0.25, 0.3) is 8.32 Å². The van der Waals surface area contributed by atoms with Gasteiger partial charge in [-0.1, -0.05) is 62.3 Å². The molecule has 0 bridgehead atoms. The molecule has 0 aliphatic heterocycles. The van der Waals surface area contributed by atoms with Gasteiger partial charge in [-0.2, -0.15) is 0 Å². The highest BCUT2D eigenvalue weighted by atomic mass is 28.4. The van der Waals surface area contributed by atoms with Crippen LogP contribution in [0.2, 0.25) is 54.4 Å². The predicted molar refractivity (Wildman–Crippen MR) is 146 cm³/mol. The van der Waals surface area contributed by atoms with Crippen LogP contribution in [-0.4, -0.2) is 68.7 Å². The summed E-state index contributed by atoms with van der Waals surface area (Å²) in [6.07, 6.45) is 0. The molecule has 0 fully saturated rings. The lowest BCUT2D eigenvalue weighted by Crippen LogP contribution is -2.47. The first-order valence-corrected chi connectivity index (χ1v) is 20.9. The maximum atomic E-state index is 12.9. The second kappa shape index (κ2) is 11.2. The van der Waals surface area contributed by atoms with Crippen molar-refractivity contribution in [2.75, 3.05) is 32.8 Å². The van der Waals surface area contributed by atoms with E-state index in [4.69, 9.17) is 13.3 Å². The van der Waals surface area contributed by atoms with Crippen LogP contribution in [0.4, 0.5) is 0 Å². The highest BCUT2D eigenvalue weighted by molar-refractivity contribution is 6.75. The maximum absolute atomic E-state index is 12.9. The lowest BCUT2D eigenvalue weighted by Gasteiger charge is -2.38. The van der Waals surface area contributed by atoms with Gasteiger partial charge in [0.1, 0.15) is 0 Å². The van der Waals surface area contributed by atoms with E-state index >= 15 is 0 Å². The van der Waals surface area contributed by atoms with E-state index in [-0.39, 0.29) is 27.6 Å². The van der Waals surface area contributed by atoms with E-state index in [9.17, 15) is 4.79 Å². The number of hydrogen-bond donors (Lipinski definition) is 0. The quantitative estimate of drug-likeness (QED) is 0.286. The third-order valence-electron chi connectivity index (χ3n) is 7.88. The molecule has 0 saturated carbocycles. The summed E-state index contributed by atoms with van der Waals surface area (Å²) in [5.74, 6) is -0.128. The molecule has 32 heavy (non-hydrogen) atoms. The van der Waals surface area contributed by atoms with E-state index in [2.05, 4.69) is 106 Å². The van der Waals surface area contributed by atoms with Gasteiger partial charge in [-0.15, -0.1) is 0 Å². The minimum atomic E-state index is -2.13. The maximum Gasteiger partial charge on any atom is 0.306 e. The van der Waals surface area contributed by atoms with E-state index in [0.717, 1.165) is 0 Å². The van der Waals surface area contributed by atoms with Crippen LogP contribution >= 0.6 is 0 Å². The molecule has 0 amide bonds. The van der Waals surface area contributed by atoms with Crippen LogP contribution in [0, 0.1) is 0 Å². The molecular formula is C24H55NO4Si3. The molecule has 0 aliphatic rings. The minimum Gasteiger partial charge on any atom is -0.518 e. The molecule has 0 atom stereocenters. The van der Waals surface area contributed by atoms with Crippen molar-refractivity contribution in [1.29, 1.82) is 0 Å². The fraction of sp³-hybridized carbons (Fsp3) is 0.958. The molecule has 0 radical (unpaired) electrons. The summed E-state index contributed by atoms with van der Waals surface area (Å²) < 4.78 is 18.8. The number of rotatable bonds is 11. The van der Waals surface area contributed by atoms with E-state index in [1.165, 1.54) is 0 Å². The van der Waals surface area contributed by atoms with Crippen LogP contribution in [0.1, 0.15) is 62.3 Å². The second-order valence-electron chi connectivity index (χ2n) is 13.7. The van der Waals surface area contributed by atoms with E-state index in [1.807, 2.05) is 0 Å². The summed E-state index contributed by atoms with van der Waals surface area (Å²) in [4.78, 5) is 15.0. The van der Waals surface area contributed by atoms with Crippen molar-refractivity contribution in [3.8, 4) is 0 Å². The average Bonchev–Trinajstić information content (AvgIpc) is 2.50. The van der Waals surface area contributed by atoms with Crippen molar-refractivity contribution in [1.82, 2.24) is 4.90 Å². The molecule has 0 saturated heterocycles. The SMILES string of the molecule is CC(C)(C)[Si](C)(C)OCCN(CCO[Si](C)(C)C(C)(C)C)CC(=O)O[Si](C)(C)C(C)(C)C. The van der Waals surface area contributed by atoms with Crippen molar-refractivity contribution in [3.05, 3.63) is 0 Å². The molecule has 0 spiro atoms. The zero-order valence-electron chi connectivity index (χ0n) is 24.1. The zero-order valence-corrected chi connectivity index (χ0v) is 27.1. The monoisotopic (exact) mass is 505 g/mol. The third-order valence-corrected chi connectivity index (χ3v) is 21.3. The van der Waals surface area contributed by atoms with E-state index in [0.29, 0.717) is 26.3 Å². The van der Waals surface area contributed by atoms with Gasteiger partial charge in [-0.05, 0) is 54.4 Å². The second-order valence-corrected chi connectivity index (χ2v) is 28.1. The zero-order chi connectivity index (χ0) is 25.8. The summed E-state index contributed by atoms with van der Waals surface area (Å²) >= 11 is 0. The molecule has 0 heterocycles. The lowest BCUT2D eigenvalue weighted by atomic mass is 10.2. The van der Waals surface area contributed by atoms with Gasteiger partial charge in [0.15, 0.2) is 16.6 Å². The Morgan fingerprint density at radius 2 is 0.938 bits per heavy atom.